The number of rotatable bonds is 3. The number of H-pyrrole nitrogens is 1. The first kappa shape index (κ1) is 15.0. The van der Waals surface area contributed by atoms with Crippen molar-refractivity contribution in [3.05, 3.63) is 32.9 Å². The van der Waals surface area contributed by atoms with Gasteiger partial charge in [-0.15, -0.1) is 10.2 Å². The lowest BCUT2D eigenvalue weighted by atomic mass is 10.4. The summed E-state index contributed by atoms with van der Waals surface area (Å²) in [5.41, 5.74) is -0.333. The molecule has 7 nitrogen and oxygen atoms in total. The molecule has 0 saturated carbocycles. The van der Waals surface area contributed by atoms with E-state index in [-0.39, 0.29) is 11.5 Å². The van der Waals surface area contributed by atoms with Gasteiger partial charge in [0.05, 0.1) is 5.69 Å². The van der Waals surface area contributed by atoms with Crippen molar-refractivity contribution in [2.24, 2.45) is 0 Å². The van der Waals surface area contributed by atoms with Crippen LogP contribution in [-0.2, 0) is 11.9 Å². The van der Waals surface area contributed by atoms with Gasteiger partial charge in [0.25, 0.3) is 11.3 Å². The molecule has 0 amide bonds. The second-order valence-electron chi connectivity index (χ2n) is 4.17. The summed E-state index contributed by atoms with van der Waals surface area (Å²) in [6, 6.07) is 1.16. The van der Waals surface area contributed by atoms with Crippen molar-refractivity contribution < 1.29 is 13.2 Å². The lowest BCUT2D eigenvalue weighted by molar-refractivity contribution is -0.144. The third-order valence-electron chi connectivity index (χ3n) is 2.50. The molecule has 0 unspecified atom stereocenters. The Morgan fingerprint density at radius 2 is 2.14 bits per heavy atom. The Hall–Kier alpha value is -1.95. The molecule has 116 valence electrons. The van der Waals surface area contributed by atoms with E-state index < -0.39 is 17.6 Å². The SMILES string of the molecule is Cc1nnc(SCc2cc(=O)n3[nH]c(C(F)(F)F)nc3n2)s1. The Kier molecular flexibility index (Phi) is 3.64. The molecule has 3 aromatic heterocycles. The summed E-state index contributed by atoms with van der Waals surface area (Å²) >= 11 is 2.68. The van der Waals surface area contributed by atoms with Crippen LogP contribution in [0, 0.1) is 6.92 Å². The number of nitrogens with one attached hydrogen (secondary N) is 1. The van der Waals surface area contributed by atoms with E-state index in [0.717, 1.165) is 11.1 Å². The number of aryl methyl sites for hydroxylation is 1. The van der Waals surface area contributed by atoms with Gasteiger partial charge >= 0.3 is 6.18 Å². The van der Waals surface area contributed by atoms with E-state index in [2.05, 4.69) is 20.2 Å². The molecule has 0 aromatic carbocycles. The quantitative estimate of drug-likeness (QED) is 0.727. The molecule has 0 fully saturated rings. The average Bonchev–Trinajstić information content (AvgIpc) is 3.02. The Bertz CT molecular complexity index is 883. The summed E-state index contributed by atoms with van der Waals surface area (Å²) < 4.78 is 39.1. The van der Waals surface area contributed by atoms with E-state index in [9.17, 15) is 18.0 Å². The summed E-state index contributed by atoms with van der Waals surface area (Å²) in [6.07, 6.45) is -4.67. The van der Waals surface area contributed by atoms with Gasteiger partial charge in [0.1, 0.15) is 5.01 Å². The number of nitrogens with zero attached hydrogens (tertiary/aromatic N) is 5. The highest BCUT2D eigenvalue weighted by atomic mass is 32.2. The minimum absolute atomic E-state index is 0.286. The van der Waals surface area contributed by atoms with Crippen LogP contribution in [0.1, 0.15) is 16.5 Å². The summed E-state index contributed by atoms with van der Waals surface area (Å²) in [6.45, 7) is 1.81. The van der Waals surface area contributed by atoms with E-state index in [4.69, 9.17) is 0 Å². The number of hydrogen-bond donors (Lipinski definition) is 1. The molecule has 0 aliphatic heterocycles. The number of halogens is 3. The molecule has 3 heterocycles. The van der Waals surface area contributed by atoms with E-state index in [1.165, 1.54) is 23.1 Å². The highest BCUT2D eigenvalue weighted by Gasteiger charge is 2.35. The predicted octanol–water partition coefficient (Wildman–Crippen LogP) is 1.89. The number of thioether (sulfide) groups is 1. The maximum Gasteiger partial charge on any atom is 0.451 e. The van der Waals surface area contributed by atoms with Crippen molar-refractivity contribution in [2.75, 3.05) is 0 Å². The molecule has 3 rings (SSSR count). The fourth-order valence-corrected chi connectivity index (χ4v) is 3.31. The van der Waals surface area contributed by atoms with Gasteiger partial charge in [-0.3, -0.25) is 9.89 Å². The van der Waals surface area contributed by atoms with Crippen LogP contribution >= 0.6 is 23.1 Å². The average molecular weight is 348 g/mol. The summed E-state index contributed by atoms with van der Waals surface area (Å²) in [4.78, 5) is 19.1. The van der Waals surface area contributed by atoms with Crippen molar-refractivity contribution in [3.8, 4) is 0 Å². The second kappa shape index (κ2) is 5.35. The lowest BCUT2D eigenvalue weighted by Gasteiger charge is -1.98. The summed E-state index contributed by atoms with van der Waals surface area (Å²) in [5, 5.41) is 10.4. The maximum absolute atomic E-state index is 12.6. The molecule has 3 aromatic rings. The van der Waals surface area contributed by atoms with Gasteiger partial charge in [-0.2, -0.15) is 22.7 Å². The molecule has 22 heavy (non-hydrogen) atoms. The molecule has 0 bridgehead atoms. The number of fused-ring (bicyclic) bond motifs is 1. The normalized spacial score (nSPS) is 12.2. The number of aromatic amines is 1. The van der Waals surface area contributed by atoms with Gasteiger partial charge < -0.3 is 0 Å². The van der Waals surface area contributed by atoms with Crippen LogP contribution in [0.5, 0.6) is 0 Å². The lowest BCUT2D eigenvalue weighted by Crippen LogP contribution is -2.16. The second-order valence-corrected chi connectivity index (χ2v) is 6.57. The first-order valence-corrected chi connectivity index (χ1v) is 7.62. The topological polar surface area (TPSA) is 88.8 Å². The Morgan fingerprint density at radius 1 is 1.36 bits per heavy atom. The first-order valence-electron chi connectivity index (χ1n) is 5.82. The Morgan fingerprint density at radius 3 is 2.77 bits per heavy atom. The molecule has 12 heteroatoms. The number of aromatic nitrogens is 6. The molecule has 0 spiro atoms. The fourth-order valence-electron chi connectivity index (χ4n) is 1.60. The Balaban J connectivity index is 1.89. The molecule has 0 saturated heterocycles. The van der Waals surface area contributed by atoms with Crippen molar-refractivity contribution in [1.82, 2.24) is 29.8 Å². The summed E-state index contributed by atoms with van der Waals surface area (Å²) in [7, 11) is 0. The predicted molar refractivity (Wildman–Crippen MR) is 72.8 cm³/mol. The summed E-state index contributed by atoms with van der Waals surface area (Å²) in [5.74, 6) is -1.29. The van der Waals surface area contributed by atoms with Gasteiger partial charge in [0.15, 0.2) is 4.34 Å². The molecule has 0 radical (unpaired) electrons. The van der Waals surface area contributed by atoms with Crippen molar-refractivity contribution in [1.29, 1.82) is 0 Å². The van der Waals surface area contributed by atoms with Crippen LogP contribution < -0.4 is 5.56 Å². The van der Waals surface area contributed by atoms with Crippen molar-refractivity contribution >= 4 is 28.9 Å². The van der Waals surface area contributed by atoms with Gasteiger partial charge in [0, 0.05) is 11.8 Å². The van der Waals surface area contributed by atoms with Crippen molar-refractivity contribution in [3.63, 3.8) is 0 Å². The van der Waals surface area contributed by atoms with E-state index in [1.807, 2.05) is 5.10 Å². The minimum atomic E-state index is -4.67. The van der Waals surface area contributed by atoms with Gasteiger partial charge in [0.2, 0.25) is 5.82 Å². The third kappa shape index (κ3) is 2.97. The monoisotopic (exact) mass is 348 g/mol. The van der Waals surface area contributed by atoms with Crippen LogP contribution in [0.3, 0.4) is 0 Å². The fraction of sp³-hybridized carbons (Fsp3) is 0.300. The van der Waals surface area contributed by atoms with Crippen LogP contribution in [0.4, 0.5) is 13.2 Å². The van der Waals surface area contributed by atoms with Gasteiger partial charge in [-0.05, 0) is 6.92 Å². The number of alkyl halides is 3. The highest BCUT2D eigenvalue weighted by molar-refractivity contribution is 8.00. The minimum Gasteiger partial charge on any atom is -0.267 e. The molecular weight excluding hydrogens is 341 g/mol. The highest BCUT2D eigenvalue weighted by Crippen LogP contribution is 2.27. The Labute approximate surface area is 128 Å². The third-order valence-corrected chi connectivity index (χ3v) is 4.51. The molecule has 1 N–H and O–H groups in total. The van der Waals surface area contributed by atoms with E-state index >= 15 is 0 Å². The molecule has 0 aliphatic carbocycles. The van der Waals surface area contributed by atoms with E-state index in [0.29, 0.717) is 14.5 Å². The zero-order valence-electron chi connectivity index (χ0n) is 10.9. The standard InChI is InChI=1S/C10H7F3N6OS2/c1-4-16-17-9(22-4)21-3-5-2-6(20)19-8(14-5)15-7(18-19)10(11,12)13/h2H,3H2,1H3,(H,14,15,18). The number of hydrogen-bond acceptors (Lipinski definition) is 7. The zero-order chi connectivity index (χ0) is 15.9. The largest absolute Gasteiger partial charge is 0.451 e. The van der Waals surface area contributed by atoms with Gasteiger partial charge in [-0.1, -0.05) is 23.1 Å². The van der Waals surface area contributed by atoms with Crippen LogP contribution in [-0.4, -0.2) is 29.8 Å². The first-order chi connectivity index (χ1) is 10.3. The zero-order valence-corrected chi connectivity index (χ0v) is 12.5. The van der Waals surface area contributed by atoms with Crippen molar-refractivity contribution in [2.45, 2.75) is 23.2 Å². The maximum atomic E-state index is 12.6. The van der Waals surface area contributed by atoms with Crippen LogP contribution in [0.25, 0.3) is 5.78 Å². The van der Waals surface area contributed by atoms with E-state index in [1.54, 1.807) is 6.92 Å². The molecule has 0 atom stereocenters. The smallest absolute Gasteiger partial charge is 0.267 e. The molecular formula is C10H7F3N6OS2. The van der Waals surface area contributed by atoms with Crippen LogP contribution in [0.2, 0.25) is 0 Å². The van der Waals surface area contributed by atoms with Gasteiger partial charge in [-0.25, -0.2) is 4.98 Å². The van der Waals surface area contributed by atoms with Crippen LogP contribution in [0.15, 0.2) is 15.2 Å². The molecule has 0 aliphatic rings.